The number of ether oxygens (including phenoxy) is 2. The minimum Gasteiger partial charge on any atom is -0.493 e. The summed E-state index contributed by atoms with van der Waals surface area (Å²) in [6.07, 6.45) is 1.47. The third-order valence-electron chi connectivity index (χ3n) is 3.28. The molecule has 2 rings (SSSR count). The molecule has 1 unspecified atom stereocenters. The number of amides is 1. The largest absolute Gasteiger partial charge is 0.493 e. The van der Waals surface area contributed by atoms with Crippen molar-refractivity contribution >= 4 is 23.9 Å². The van der Waals surface area contributed by atoms with E-state index in [1.807, 2.05) is 18.8 Å². The number of thioether (sulfide) groups is 1. The van der Waals surface area contributed by atoms with Crippen LogP contribution in [-0.4, -0.2) is 45.8 Å². The molecule has 1 aromatic carbocycles. The first-order valence-corrected chi connectivity index (χ1v) is 9.21. The van der Waals surface area contributed by atoms with Crippen LogP contribution in [0.15, 0.2) is 37.9 Å². The molecule has 0 saturated heterocycles. The maximum absolute atomic E-state index is 12.1. The molecular formula is C17H21N5O5S. The van der Waals surface area contributed by atoms with E-state index in [2.05, 4.69) is 20.7 Å². The molecule has 0 fully saturated rings. The molecule has 0 aliphatic rings. The fraction of sp³-hybridized carbons (Fsp3) is 0.353. The van der Waals surface area contributed by atoms with E-state index in [4.69, 9.17) is 9.47 Å². The molecule has 0 saturated carbocycles. The second-order valence-electron chi connectivity index (χ2n) is 5.88. The maximum atomic E-state index is 12.1. The Bertz CT molecular complexity index is 969. The second-order valence-corrected chi connectivity index (χ2v) is 7.21. The molecule has 3 N–H and O–H groups in total. The van der Waals surface area contributed by atoms with E-state index in [1.54, 1.807) is 25.1 Å². The number of hydrazone groups is 1. The monoisotopic (exact) mass is 407 g/mol. The van der Waals surface area contributed by atoms with Crippen LogP contribution in [0.2, 0.25) is 0 Å². The third-order valence-corrected chi connectivity index (χ3v) is 4.34. The minimum atomic E-state index is -0.712. The molecule has 0 radical (unpaired) electrons. The average molecular weight is 407 g/mol. The van der Waals surface area contributed by atoms with Crippen molar-refractivity contribution in [2.75, 3.05) is 7.11 Å². The van der Waals surface area contributed by atoms with Crippen LogP contribution in [0.4, 0.5) is 0 Å². The minimum absolute atomic E-state index is 0.0101. The average Bonchev–Trinajstić information content (AvgIpc) is 2.64. The van der Waals surface area contributed by atoms with Gasteiger partial charge in [0.25, 0.3) is 11.5 Å². The summed E-state index contributed by atoms with van der Waals surface area (Å²) in [5, 5.41) is 8.96. The Hall–Kier alpha value is -3.08. The van der Waals surface area contributed by atoms with Gasteiger partial charge in [-0.25, -0.2) is 15.3 Å². The smallest absolute Gasteiger partial charge is 0.342 e. The summed E-state index contributed by atoms with van der Waals surface area (Å²) in [5.41, 5.74) is 1.72. The summed E-state index contributed by atoms with van der Waals surface area (Å²) in [6.45, 7) is 5.42. The number of benzene rings is 1. The number of methoxy groups -OCH3 is 1. The van der Waals surface area contributed by atoms with Crippen molar-refractivity contribution in [1.82, 2.24) is 20.6 Å². The Kier molecular flexibility index (Phi) is 7.38. The van der Waals surface area contributed by atoms with Gasteiger partial charge in [0.05, 0.1) is 24.7 Å². The predicted molar refractivity (Wildman–Crippen MR) is 105 cm³/mol. The summed E-state index contributed by atoms with van der Waals surface area (Å²) in [6, 6.07) is 5.27. The van der Waals surface area contributed by atoms with Gasteiger partial charge in [0.15, 0.2) is 16.5 Å². The normalized spacial score (nSPS) is 12.2. The molecular weight excluding hydrogens is 386 g/mol. The lowest BCUT2D eigenvalue weighted by atomic mass is 10.2. The molecule has 11 heteroatoms. The quantitative estimate of drug-likeness (QED) is 0.335. The van der Waals surface area contributed by atoms with Crippen molar-refractivity contribution < 1.29 is 14.3 Å². The van der Waals surface area contributed by atoms with Gasteiger partial charge in [-0.05, 0) is 44.5 Å². The molecule has 2 aromatic rings. The van der Waals surface area contributed by atoms with Crippen LogP contribution < -0.4 is 26.1 Å². The van der Waals surface area contributed by atoms with E-state index in [0.29, 0.717) is 17.1 Å². The van der Waals surface area contributed by atoms with Crippen molar-refractivity contribution in [1.29, 1.82) is 0 Å². The van der Waals surface area contributed by atoms with Crippen LogP contribution in [0, 0.1) is 0 Å². The van der Waals surface area contributed by atoms with E-state index in [9.17, 15) is 14.4 Å². The summed E-state index contributed by atoms with van der Waals surface area (Å²) in [4.78, 5) is 36.7. The number of aromatic amines is 2. The van der Waals surface area contributed by atoms with Crippen molar-refractivity contribution in [2.24, 2.45) is 5.10 Å². The van der Waals surface area contributed by atoms with Gasteiger partial charge < -0.3 is 9.47 Å². The van der Waals surface area contributed by atoms with E-state index in [1.165, 1.54) is 13.3 Å². The summed E-state index contributed by atoms with van der Waals surface area (Å²) >= 11 is 0.899. The van der Waals surface area contributed by atoms with Gasteiger partial charge in [0.2, 0.25) is 0 Å². The number of H-pyrrole nitrogens is 2. The number of carbonyl (C=O) groups is 1. The van der Waals surface area contributed by atoms with Crippen LogP contribution in [0.5, 0.6) is 11.5 Å². The molecule has 0 bridgehead atoms. The lowest BCUT2D eigenvalue weighted by Crippen LogP contribution is -2.30. The highest BCUT2D eigenvalue weighted by Crippen LogP contribution is 2.28. The van der Waals surface area contributed by atoms with Gasteiger partial charge in [-0.15, -0.1) is 0 Å². The van der Waals surface area contributed by atoms with Gasteiger partial charge in [-0.2, -0.15) is 10.2 Å². The van der Waals surface area contributed by atoms with Gasteiger partial charge in [0, 0.05) is 0 Å². The van der Waals surface area contributed by atoms with Crippen LogP contribution in [0.25, 0.3) is 0 Å². The zero-order chi connectivity index (χ0) is 20.7. The number of hydrogen-bond acceptors (Lipinski definition) is 8. The fourth-order valence-electron chi connectivity index (χ4n) is 2.01. The Morgan fingerprint density at radius 1 is 1.29 bits per heavy atom. The predicted octanol–water partition coefficient (Wildman–Crippen LogP) is 0.885. The van der Waals surface area contributed by atoms with Crippen LogP contribution in [0.3, 0.4) is 0 Å². The molecule has 0 spiro atoms. The number of carbonyl (C=O) groups excluding carboxylic acids is 1. The number of hydrogen-bond donors (Lipinski definition) is 3. The number of aromatic nitrogens is 3. The van der Waals surface area contributed by atoms with E-state index in [-0.39, 0.29) is 11.1 Å². The number of nitrogens with one attached hydrogen (secondary N) is 3. The SMILES string of the molecule is COc1cc(/C=N/NC(=O)C(C)Sc2n[nH]c(=O)[nH]c2=O)ccc1OC(C)C. The lowest BCUT2D eigenvalue weighted by molar-refractivity contribution is -0.120. The molecule has 0 aliphatic carbocycles. The third kappa shape index (κ3) is 5.98. The van der Waals surface area contributed by atoms with E-state index in [0.717, 1.165) is 11.8 Å². The Morgan fingerprint density at radius 2 is 2.04 bits per heavy atom. The van der Waals surface area contributed by atoms with Gasteiger partial charge >= 0.3 is 5.69 Å². The fourth-order valence-corrected chi connectivity index (χ4v) is 2.77. The number of nitrogens with zero attached hydrogens (tertiary/aromatic N) is 2. The lowest BCUT2D eigenvalue weighted by Gasteiger charge is -2.13. The van der Waals surface area contributed by atoms with Crippen molar-refractivity contribution in [2.45, 2.75) is 37.2 Å². The molecule has 0 aliphatic heterocycles. The topological polar surface area (TPSA) is 139 Å². The van der Waals surface area contributed by atoms with E-state index < -0.39 is 22.4 Å². The Balaban J connectivity index is 1.98. The first-order chi connectivity index (χ1) is 13.3. The van der Waals surface area contributed by atoms with Crippen molar-refractivity contribution in [3.63, 3.8) is 0 Å². The van der Waals surface area contributed by atoms with E-state index >= 15 is 0 Å². The maximum Gasteiger partial charge on any atom is 0.342 e. The van der Waals surface area contributed by atoms with Crippen LogP contribution in [0.1, 0.15) is 26.3 Å². The highest BCUT2D eigenvalue weighted by molar-refractivity contribution is 8.00. The highest BCUT2D eigenvalue weighted by atomic mass is 32.2. The van der Waals surface area contributed by atoms with Crippen LogP contribution >= 0.6 is 11.8 Å². The molecule has 1 aromatic heterocycles. The van der Waals surface area contributed by atoms with Gasteiger partial charge in [0.1, 0.15) is 0 Å². The molecule has 10 nitrogen and oxygen atoms in total. The number of rotatable bonds is 8. The van der Waals surface area contributed by atoms with Gasteiger partial charge in [-0.3, -0.25) is 14.6 Å². The van der Waals surface area contributed by atoms with Crippen molar-refractivity contribution in [3.05, 3.63) is 44.6 Å². The summed E-state index contributed by atoms with van der Waals surface area (Å²) < 4.78 is 10.9. The summed E-state index contributed by atoms with van der Waals surface area (Å²) in [5.74, 6) is 0.735. The standard InChI is InChI=1S/C17H21N5O5S/c1-9(2)27-12-6-5-11(7-13(12)26-4)8-18-20-14(23)10(3)28-16-15(24)19-17(25)22-21-16/h5-10H,1-4H3,(H,20,23)(H2,19,22,24,25)/b18-8+. The van der Waals surface area contributed by atoms with Crippen LogP contribution in [-0.2, 0) is 4.79 Å². The molecule has 1 amide bonds. The first-order valence-electron chi connectivity index (χ1n) is 8.33. The molecule has 1 heterocycles. The molecule has 28 heavy (non-hydrogen) atoms. The van der Waals surface area contributed by atoms with Gasteiger partial charge in [-0.1, -0.05) is 11.8 Å². The second kappa shape index (κ2) is 9.74. The van der Waals surface area contributed by atoms with Crippen molar-refractivity contribution in [3.8, 4) is 11.5 Å². The zero-order valence-electron chi connectivity index (χ0n) is 15.8. The zero-order valence-corrected chi connectivity index (χ0v) is 16.6. The highest BCUT2D eigenvalue weighted by Gasteiger charge is 2.17. The molecule has 150 valence electrons. The first kappa shape index (κ1) is 21.2. The summed E-state index contributed by atoms with van der Waals surface area (Å²) in [7, 11) is 1.54. The molecule has 1 atom stereocenters. The Morgan fingerprint density at radius 3 is 2.68 bits per heavy atom. The Labute approximate surface area is 164 Å².